The molecule has 1 N–H and O–H groups in total. The molecule has 3 aromatic carbocycles. The minimum atomic E-state index is -3.69. The number of sulfonamides is 1. The highest BCUT2D eigenvalue weighted by Crippen LogP contribution is 2.52. The van der Waals surface area contributed by atoms with Crippen LogP contribution in [-0.4, -0.2) is 50.5 Å². The number of methoxy groups -OCH3 is 1. The molecule has 0 radical (unpaired) electrons. The number of rotatable bonds is 7. The van der Waals surface area contributed by atoms with E-state index in [-0.39, 0.29) is 12.5 Å². The number of hydrogen-bond acceptors (Lipinski definition) is 5. The number of carbonyl (C=O) groups is 1. The summed E-state index contributed by atoms with van der Waals surface area (Å²) in [5.74, 6) is -0.507. The van der Waals surface area contributed by atoms with Crippen LogP contribution in [-0.2, 0) is 21.2 Å². The van der Waals surface area contributed by atoms with Crippen LogP contribution in [0.25, 0.3) is 0 Å². The zero-order valence-electron chi connectivity index (χ0n) is 18.8. The third-order valence-corrected chi connectivity index (χ3v) is 8.65. The smallest absolute Gasteiger partial charge is 0.323 e. The van der Waals surface area contributed by atoms with Crippen molar-refractivity contribution in [3.8, 4) is 5.75 Å². The Bertz CT molecular complexity index is 1330. The minimum absolute atomic E-state index is 0.152. The van der Waals surface area contributed by atoms with Crippen molar-refractivity contribution in [3.63, 3.8) is 0 Å². The maximum atomic E-state index is 13.7. The van der Waals surface area contributed by atoms with Crippen molar-refractivity contribution >= 4 is 21.7 Å². The van der Waals surface area contributed by atoms with Gasteiger partial charge >= 0.3 is 5.97 Å². The molecule has 3 aromatic rings. The highest BCUT2D eigenvalue weighted by Gasteiger charge is 2.49. The summed E-state index contributed by atoms with van der Waals surface area (Å²) in [5, 5.41) is 9.48. The molecule has 0 aromatic heterocycles. The SMILES string of the molecule is COc1ccc2c(c1)C(C1c3ccccc3S(=O)(=O)N1CCc1ccccc1)CN2CC(=O)O. The standard InChI is InChI=1S/C26H26N2O5S/c1-33-19-11-12-23-21(15-19)22(16-27(23)17-25(29)30)26-20-9-5-6-10-24(20)34(31,32)28(26)14-13-18-7-3-2-4-8-18/h2-12,15,22,26H,13-14,16-17H2,1H3,(H,29,30). The van der Waals surface area contributed by atoms with Gasteiger partial charge in [0.25, 0.3) is 0 Å². The lowest BCUT2D eigenvalue weighted by Crippen LogP contribution is -2.36. The Kier molecular flexibility index (Phi) is 5.79. The van der Waals surface area contributed by atoms with E-state index in [0.717, 1.165) is 22.4 Å². The average molecular weight is 479 g/mol. The first-order valence-electron chi connectivity index (χ1n) is 11.2. The molecule has 5 rings (SSSR count). The number of carboxylic acid groups (broad SMARTS) is 1. The van der Waals surface area contributed by atoms with E-state index in [4.69, 9.17) is 4.74 Å². The average Bonchev–Trinajstić information content (AvgIpc) is 3.29. The van der Waals surface area contributed by atoms with Gasteiger partial charge in [0.05, 0.1) is 18.0 Å². The van der Waals surface area contributed by atoms with Crippen molar-refractivity contribution < 1.29 is 23.1 Å². The molecular formula is C26H26N2O5S. The van der Waals surface area contributed by atoms with Crippen molar-refractivity contribution in [2.45, 2.75) is 23.3 Å². The van der Waals surface area contributed by atoms with E-state index >= 15 is 0 Å². The summed E-state index contributed by atoms with van der Waals surface area (Å²) in [5.41, 5.74) is 3.53. The van der Waals surface area contributed by atoms with E-state index in [1.165, 1.54) is 0 Å². The Morgan fingerprint density at radius 1 is 1.03 bits per heavy atom. The predicted molar refractivity (Wildman–Crippen MR) is 129 cm³/mol. The number of nitrogens with zero attached hydrogens (tertiary/aromatic N) is 2. The zero-order chi connectivity index (χ0) is 23.9. The summed E-state index contributed by atoms with van der Waals surface area (Å²) in [6, 6.07) is 22.1. The highest BCUT2D eigenvalue weighted by molar-refractivity contribution is 7.89. The molecule has 0 spiro atoms. The fraction of sp³-hybridized carbons (Fsp3) is 0.269. The lowest BCUT2D eigenvalue weighted by Gasteiger charge is -2.29. The Morgan fingerprint density at radius 2 is 1.76 bits per heavy atom. The van der Waals surface area contributed by atoms with Gasteiger partial charge in [-0.15, -0.1) is 0 Å². The summed E-state index contributed by atoms with van der Waals surface area (Å²) in [6.07, 6.45) is 0.584. The number of carboxylic acids is 1. The molecule has 2 unspecified atom stereocenters. The second-order valence-electron chi connectivity index (χ2n) is 8.64. The normalized spacial score (nSPS) is 20.7. The third kappa shape index (κ3) is 3.82. The molecule has 2 aliphatic heterocycles. The second-order valence-corrected chi connectivity index (χ2v) is 10.5. The topological polar surface area (TPSA) is 87.2 Å². The molecule has 8 heteroatoms. The van der Waals surface area contributed by atoms with Gasteiger partial charge in [0.1, 0.15) is 12.3 Å². The van der Waals surface area contributed by atoms with Crippen LogP contribution in [0.3, 0.4) is 0 Å². The Morgan fingerprint density at radius 3 is 2.50 bits per heavy atom. The third-order valence-electron chi connectivity index (χ3n) is 6.70. The largest absolute Gasteiger partial charge is 0.497 e. The lowest BCUT2D eigenvalue weighted by molar-refractivity contribution is -0.135. The molecule has 176 valence electrons. The van der Waals surface area contributed by atoms with Crippen molar-refractivity contribution in [2.75, 3.05) is 31.6 Å². The molecule has 2 aliphatic rings. The van der Waals surface area contributed by atoms with Crippen LogP contribution in [0.5, 0.6) is 5.75 Å². The Balaban J connectivity index is 1.59. The van der Waals surface area contributed by atoms with E-state index in [1.54, 1.807) is 23.5 Å². The van der Waals surface area contributed by atoms with E-state index in [9.17, 15) is 18.3 Å². The molecule has 2 heterocycles. The fourth-order valence-electron chi connectivity index (χ4n) is 5.21. The van der Waals surface area contributed by atoms with Gasteiger partial charge in [0, 0.05) is 24.7 Å². The molecule has 0 saturated heterocycles. The van der Waals surface area contributed by atoms with Crippen LogP contribution in [0.2, 0.25) is 0 Å². The van der Waals surface area contributed by atoms with Gasteiger partial charge in [-0.05, 0) is 47.4 Å². The number of fused-ring (bicyclic) bond motifs is 2. The maximum Gasteiger partial charge on any atom is 0.323 e. The highest BCUT2D eigenvalue weighted by atomic mass is 32.2. The van der Waals surface area contributed by atoms with E-state index in [0.29, 0.717) is 30.2 Å². The summed E-state index contributed by atoms with van der Waals surface area (Å²) in [7, 11) is -2.11. The quantitative estimate of drug-likeness (QED) is 0.558. The Hall–Kier alpha value is -3.36. The number of anilines is 1. The molecule has 0 bridgehead atoms. The molecule has 0 amide bonds. The molecule has 0 fully saturated rings. The first-order valence-corrected chi connectivity index (χ1v) is 12.6. The van der Waals surface area contributed by atoms with Gasteiger partial charge in [0.2, 0.25) is 10.0 Å². The monoisotopic (exact) mass is 478 g/mol. The van der Waals surface area contributed by atoms with Gasteiger partial charge in [-0.2, -0.15) is 4.31 Å². The van der Waals surface area contributed by atoms with Crippen molar-refractivity contribution in [1.29, 1.82) is 0 Å². The van der Waals surface area contributed by atoms with Gasteiger partial charge < -0.3 is 14.7 Å². The van der Waals surface area contributed by atoms with Crippen molar-refractivity contribution in [3.05, 3.63) is 89.5 Å². The minimum Gasteiger partial charge on any atom is -0.497 e. The molecule has 2 atom stereocenters. The predicted octanol–water partition coefficient (Wildman–Crippen LogP) is 3.67. The first-order chi connectivity index (χ1) is 16.4. The number of aliphatic carboxylic acids is 1. The second kappa shape index (κ2) is 8.77. The van der Waals surface area contributed by atoms with Gasteiger partial charge in [-0.25, -0.2) is 8.42 Å². The van der Waals surface area contributed by atoms with Crippen LogP contribution < -0.4 is 9.64 Å². The number of hydrogen-bond donors (Lipinski definition) is 1. The lowest BCUT2D eigenvalue weighted by atomic mass is 9.88. The van der Waals surface area contributed by atoms with Gasteiger partial charge in [0.15, 0.2) is 0 Å². The molecular weight excluding hydrogens is 452 g/mol. The number of ether oxygens (including phenoxy) is 1. The van der Waals surface area contributed by atoms with Crippen LogP contribution in [0, 0.1) is 0 Å². The maximum absolute atomic E-state index is 13.7. The Labute approximate surface area is 199 Å². The van der Waals surface area contributed by atoms with Gasteiger partial charge in [-0.1, -0.05) is 48.5 Å². The molecule has 34 heavy (non-hydrogen) atoms. The van der Waals surface area contributed by atoms with Crippen molar-refractivity contribution in [2.24, 2.45) is 0 Å². The molecule has 0 aliphatic carbocycles. The van der Waals surface area contributed by atoms with Crippen molar-refractivity contribution in [1.82, 2.24) is 4.31 Å². The molecule has 0 saturated carbocycles. The summed E-state index contributed by atoms with van der Waals surface area (Å²) in [4.78, 5) is 13.7. The van der Waals surface area contributed by atoms with E-state index in [2.05, 4.69) is 0 Å². The van der Waals surface area contributed by atoms with Crippen LogP contribution >= 0.6 is 0 Å². The first kappa shape index (κ1) is 22.4. The summed E-state index contributed by atoms with van der Waals surface area (Å²) < 4.78 is 34.4. The van der Waals surface area contributed by atoms with Crippen LogP contribution in [0.4, 0.5) is 5.69 Å². The zero-order valence-corrected chi connectivity index (χ0v) is 19.6. The molecule has 7 nitrogen and oxygen atoms in total. The fourth-order valence-corrected chi connectivity index (χ4v) is 7.09. The van der Waals surface area contributed by atoms with Crippen LogP contribution in [0.15, 0.2) is 77.7 Å². The van der Waals surface area contributed by atoms with Gasteiger partial charge in [-0.3, -0.25) is 4.79 Å². The van der Waals surface area contributed by atoms with Crippen LogP contribution in [0.1, 0.15) is 28.7 Å². The van der Waals surface area contributed by atoms with E-state index in [1.807, 2.05) is 65.6 Å². The van der Waals surface area contributed by atoms with E-state index < -0.39 is 22.0 Å². The summed E-state index contributed by atoms with van der Waals surface area (Å²) in [6.45, 7) is 0.590. The number of benzene rings is 3. The summed E-state index contributed by atoms with van der Waals surface area (Å²) >= 11 is 0.